The largest absolute Gasteiger partial charge is 0.375 e. The number of Topliss-reactive ketones (excluding diaryl/α,β-unsaturated/α-hetero) is 1. The van der Waals surface area contributed by atoms with Gasteiger partial charge in [-0.1, -0.05) is 6.42 Å². The van der Waals surface area contributed by atoms with Crippen LogP contribution in [-0.4, -0.2) is 18.0 Å². The molecule has 2 nitrogen and oxygen atoms in total. The summed E-state index contributed by atoms with van der Waals surface area (Å²) in [5.74, 6) is 0.957. The van der Waals surface area contributed by atoms with Gasteiger partial charge in [0, 0.05) is 19.4 Å². The molecule has 2 atom stereocenters. The Labute approximate surface area is 73.3 Å². The van der Waals surface area contributed by atoms with E-state index in [0.717, 1.165) is 19.4 Å². The second-order valence-corrected chi connectivity index (χ2v) is 4.01. The van der Waals surface area contributed by atoms with E-state index in [4.69, 9.17) is 4.74 Å². The average Bonchev–Trinajstić information content (AvgIpc) is 2.44. The zero-order valence-corrected chi connectivity index (χ0v) is 7.64. The molecule has 2 aliphatic rings. The van der Waals surface area contributed by atoms with Gasteiger partial charge in [-0.15, -0.1) is 0 Å². The second-order valence-electron chi connectivity index (χ2n) is 4.01. The van der Waals surface area contributed by atoms with Gasteiger partial charge in [-0.2, -0.15) is 0 Å². The van der Waals surface area contributed by atoms with E-state index in [1.165, 1.54) is 12.8 Å². The molecule has 2 heteroatoms. The second kappa shape index (κ2) is 2.84. The molecule has 2 aliphatic carbocycles. The summed E-state index contributed by atoms with van der Waals surface area (Å²) in [6, 6.07) is 0. The Morgan fingerprint density at radius 1 is 1.67 bits per heavy atom. The lowest BCUT2D eigenvalue weighted by Gasteiger charge is -2.28. The summed E-state index contributed by atoms with van der Waals surface area (Å²) in [5, 5.41) is 0. The summed E-state index contributed by atoms with van der Waals surface area (Å²) in [6.07, 6.45) is 5.02. The fourth-order valence-electron chi connectivity index (χ4n) is 2.84. The minimum absolute atomic E-state index is 0.0220. The van der Waals surface area contributed by atoms with Gasteiger partial charge in [0.05, 0.1) is 5.60 Å². The Balaban J connectivity index is 2.14. The molecule has 0 amide bonds. The van der Waals surface area contributed by atoms with Crippen molar-refractivity contribution in [3.05, 3.63) is 0 Å². The topological polar surface area (TPSA) is 26.3 Å². The van der Waals surface area contributed by atoms with E-state index in [1.807, 2.05) is 6.92 Å². The molecule has 2 saturated carbocycles. The molecule has 0 aromatic carbocycles. The van der Waals surface area contributed by atoms with Crippen LogP contribution in [0.1, 0.15) is 39.0 Å². The van der Waals surface area contributed by atoms with Crippen LogP contribution < -0.4 is 0 Å². The van der Waals surface area contributed by atoms with Crippen molar-refractivity contribution in [1.29, 1.82) is 0 Å². The number of carbonyl (C=O) groups excluding carboxylic acids is 1. The van der Waals surface area contributed by atoms with Crippen LogP contribution in [0.25, 0.3) is 0 Å². The highest BCUT2D eigenvalue weighted by Crippen LogP contribution is 2.48. The minimum atomic E-state index is -0.0220. The summed E-state index contributed by atoms with van der Waals surface area (Å²) in [5.41, 5.74) is -0.0220. The Kier molecular flexibility index (Phi) is 1.95. The zero-order chi connectivity index (χ0) is 8.60. The first-order valence-electron chi connectivity index (χ1n) is 4.92. The Morgan fingerprint density at radius 3 is 3.25 bits per heavy atom. The summed E-state index contributed by atoms with van der Waals surface area (Å²) < 4.78 is 5.76. The maximum Gasteiger partial charge on any atom is 0.136 e. The number of fused-ring (bicyclic) bond motifs is 1. The van der Waals surface area contributed by atoms with Gasteiger partial charge < -0.3 is 4.74 Å². The first-order chi connectivity index (χ1) is 5.77. The van der Waals surface area contributed by atoms with Gasteiger partial charge in [-0.05, 0) is 25.7 Å². The highest BCUT2D eigenvalue weighted by Gasteiger charge is 2.50. The maximum absolute atomic E-state index is 11.3. The van der Waals surface area contributed by atoms with Crippen molar-refractivity contribution in [3.63, 3.8) is 0 Å². The van der Waals surface area contributed by atoms with E-state index in [-0.39, 0.29) is 5.60 Å². The quantitative estimate of drug-likeness (QED) is 0.629. The zero-order valence-electron chi connectivity index (χ0n) is 7.64. The molecule has 0 bridgehead atoms. The van der Waals surface area contributed by atoms with Gasteiger partial charge in [-0.3, -0.25) is 4.79 Å². The molecule has 2 fully saturated rings. The molecule has 0 aromatic rings. The first kappa shape index (κ1) is 8.24. The standard InChI is InChI=1S/C10H16O2/c1-2-12-10-5-3-4-8(10)6-9(11)7-10/h8H,2-7H2,1H3/t8-,10-/m1/s1. The summed E-state index contributed by atoms with van der Waals surface area (Å²) >= 11 is 0. The average molecular weight is 168 g/mol. The predicted octanol–water partition coefficient (Wildman–Crippen LogP) is 1.92. The molecule has 0 saturated heterocycles. The number of ketones is 1. The first-order valence-corrected chi connectivity index (χ1v) is 4.92. The Morgan fingerprint density at radius 2 is 2.50 bits per heavy atom. The van der Waals surface area contributed by atoms with Gasteiger partial charge >= 0.3 is 0 Å². The molecule has 0 unspecified atom stereocenters. The fraction of sp³-hybridized carbons (Fsp3) is 0.900. The minimum Gasteiger partial charge on any atom is -0.375 e. The third kappa shape index (κ3) is 1.09. The molecule has 0 N–H and O–H groups in total. The predicted molar refractivity (Wildman–Crippen MR) is 45.9 cm³/mol. The number of carbonyl (C=O) groups is 1. The lowest BCUT2D eigenvalue weighted by molar-refractivity contribution is -0.120. The van der Waals surface area contributed by atoms with Crippen molar-refractivity contribution in [1.82, 2.24) is 0 Å². The Bertz CT molecular complexity index is 200. The molecule has 2 rings (SSSR count). The van der Waals surface area contributed by atoms with E-state index in [1.54, 1.807) is 0 Å². The van der Waals surface area contributed by atoms with Crippen LogP contribution in [0.5, 0.6) is 0 Å². The third-order valence-electron chi connectivity index (χ3n) is 3.30. The normalized spacial score (nSPS) is 40.4. The van der Waals surface area contributed by atoms with E-state index >= 15 is 0 Å². The third-order valence-corrected chi connectivity index (χ3v) is 3.30. The highest BCUT2D eigenvalue weighted by molar-refractivity contribution is 5.82. The van der Waals surface area contributed by atoms with Crippen LogP contribution in [0, 0.1) is 5.92 Å². The van der Waals surface area contributed by atoms with E-state index < -0.39 is 0 Å². The molecule has 12 heavy (non-hydrogen) atoms. The lowest BCUT2D eigenvalue weighted by atomic mass is 9.94. The van der Waals surface area contributed by atoms with Crippen LogP contribution in [0.2, 0.25) is 0 Å². The SMILES string of the molecule is CCO[C@@]12CCC[C@@H]1CC(=O)C2. The fourth-order valence-corrected chi connectivity index (χ4v) is 2.84. The molecule has 0 heterocycles. The van der Waals surface area contributed by atoms with Crippen LogP contribution in [0.3, 0.4) is 0 Å². The van der Waals surface area contributed by atoms with Crippen LogP contribution in [0.15, 0.2) is 0 Å². The van der Waals surface area contributed by atoms with Gasteiger partial charge in [0.25, 0.3) is 0 Å². The van der Waals surface area contributed by atoms with Crippen molar-refractivity contribution < 1.29 is 9.53 Å². The van der Waals surface area contributed by atoms with E-state index in [2.05, 4.69) is 0 Å². The number of hydrogen-bond donors (Lipinski definition) is 0. The van der Waals surface area contributed by atoms with Crippen LogP contribution in [-0.2, 0) is 9.53 Å². The Hall–Kier alpha value is -0.370. The van der Waals surface area contributed by atoms with Crippen LogP contribution in [0.4, 0.5) is 0 Å². The molecular weight excluding hydrogens is 152 g/mol. The lowest BCUT2D eigenvalue weighted by Crippen LogP contribution is -2.32. The smallest absolute Gasteiger partial charge is 0.136 e. The highest BCUT2D eigenvalue weighted by atomic mass is 16.5. The summed E-state index contributed by atoms with van der Waals surface area (Å²) in [4.78, 5) is 11.3. The molecule has 0 spiro atoms. The van der Waals surface area contributed by atoms with Gasteiger partial charge in [-0.25, -0.2) is 0 Å². The molecule has 0 aromatic heterocycles. The van der Waals surface area contributed by atoms with Crippen molar-refractivity contribution in [2.75, 3.05) is 6.61 Å². The molecule has 0 aliphatic heterocycles. The van der Waals surface area contributed by atoms with Crippen molar-refractivity contribution in [2.45, 2.75) is 44.6 Å². The monoisotopic (exact) mass is 168 g/mol. The van der Waals surface area contributed by atoms with Gasteiger partial charge in [0.1, 0.15) is 5.78 Å². The number of rotatable bonds is 2. The van der Waals surface area contributed by atoms with Gasteiger partial charge in [0.15, 0.2) is 0 Å². The van der Waals surface area contributed by atoms with Crippen molar-refractivity contribution >= 4 is 5.78 Å². The maximum atomic E-state index is 11.3. The van der Waals surface area contributed by atoms with E-state index in [0.29, 0.717) is 18.1 Å². The molecular formula is C10H16O2. The van der Waals surface area contributed by atoms with E-state index in [9.17, 15) is 4.79 Å². The van der Waals surface area contributed by atoms with Crippen molar-refractivity contribution in [3.8, 4) is 0 Å². The molecule has 0 radical (unpaired) electrons. The number of ether oxygens (including phenoxy) is 1. The summed E-state index contributed by atoms with van der Waals surface area (Å²) in [7, 11) is 0. The number of hydrogen-bond acceptors (Lipinski definition) is 2. The van der Waals surface area contributed by atoms with Crippen LogP contribution >= 0.6 is 0 Å². The van der Waals surface area contributed by atoms with Crippen molar-refractivity contribution in [2.24, 2.45) is 5.92 Å². The van der Waals surface area contributed by atoms with Gasteiger partial charge in [0.2, 0.25) is 0 Å². The summed E-state index contributed by atoms with van der Waals surface area (Å²) in [6.45, 7) is 2.77. The molecule has 68 valence electrons.